The van der Waals surface area contributed by atoms with Crippen molar-refractivity contribution in [3.05, 3.63) is 35.4 Å². The molecule has 102 valence electrons. The van der Waals surface area contributed by atoms with Gasteiger partial charge in [0.15, 0.2) is 0 Å². The fraction of sp³-hybridized carbons (Fsp3) is 0.231. The second-order valence-corrected chi connectivity index (χ2v) is 3.34. The van der Waals surface area contributed by atoms with E-state index in [0.717, 1.165) is 13.8 Å². The third-order valence-corrected chi connectivity index (χ3v) is 1.81. The highest BCUT2D eigenvalue weighted by Gasteiger charge is 2.14. The molecule has 1 rings (SSSR count). The molecule has 0 amide bonds. The molecule has 6 nitrogen and oxygen atoms in total. The number of hydrogen-bond donors (Lipinski definition) is 0. The highest BCUT2D eigenvalue weighted by Crippen LogP contribution is 2.08. The molecule has 0 bridgehead atoms. The quantitative estimate of drug-likeness (QED) is 0.598. The van der Waals surface area contributed by atoms with Gasteiger partial charge in [0.25, 0.3) is 0 Å². The Morgan fingerprint density at radius 2 is 1.21 bits per heavy atom. The first-order valence-corrected chi connectivity index (χ1v) is 4.95. The van der Waals surface area contributed by atoms with Gasteiger partial charge in [-0.3, -0.25) is 9.59 Å². The predicted octanol–water partition coefficient (Wildman–Crippen LogP) is 1.73. The zero-order valence-corrected chi connectivity index (χ0v) is 9.76. The van der Waals surface area contributed by atoms with Gasteiger partial charge in [0.1, 0.15) is 0 Å². The van der Waals surface area contributed by atoms with Crippen molar-refractivity contribution < 1.29 is 28.7 Å². The van der Waals surface area contributed by atoms with Crippen LogP contribution in [0.5, 0.6) is 0 Å². The van der Waals surface area contributed by atoms with Gasteiger partial charge in [0, 0.05) is 13.8 Å². The maximum atomic E-state index is 11.4. The molecule has 0 fully saturated rings. The van der Waals surface area contributed by atoms with Crippen LogP contribution < -0.4 is 0 Å². The molecule has 0 spiro atoms. The summed E-state index contributed by atoms with van der Waals surface area (Å²) in [6.45, 7) is 2.18. The first-order chi connectivity index (χ1) is 8.40. The van der Waals surface area contributed by atoms with Crippen molar-refractivity contribution >= 4 is 23.9 Å². The minimum atomic E-state index is -0.875. The molecule has 0 atom stereocenters. The summed E-state index contributed by atoms with van der Waals surface area (Å²) in [7, 11) is 0. The van der Waals surface area contributed by atoms with Crippen molar-refractivity contribution in [2.24, 2.45) is 0 Å². The molecule has 0 N–H and O–H groups in total. The summed E-state index contributed by atoms with van der Waals surface area (Å²) < 4.78 is 8.71. The lowest BCUT2D eigenvalue weighted by Gasteiger charge is -2.03. The van der Waals surface area contributed by atoms with Gasteiger partial charge >= 0.3 is 23.9 Å². The third-order valence-electron chi connectivity index (χ3n) is 1.81. The minimum Gasteiger partial charge on any atom is -0.390 e. The molecule has 0 aliphatic carbocycles. The highest BCUT2D eigenvalue weighted by atomic mass is 16.6. The van der Waals surface area contributed by atoms with Crippen LogP contribution in [0.2, 0.25) is 0 Å². The van der Waals surface area contributed by atoms with E-state index in [1.165, 1.54) is 24.3 Å². The van der Waals surface area contributed by atoms with Gasteiger partial charge in [-0.2, -0.15) is 0 Å². The summed E-state index contributed by atoms with van der Waals surface area (Å²) in [4.78, 5) is 44.0. The average molecular weight is 266 g/mol. The molecule has 0 saturated carbocycles. The number of esters is 4. The summed E-state index contributed by atoms with van der Waals surface area (Å²) in [5.41, 5.74) is 0.0337. The monoisotopic (exact) mass is 266 g/mol. The van der Waals surface area contributed by atoms with Gasteiger partial charge in [-0.05, 0) is 18.2 Å². The van der Waals surface area contributed by atoms with E-state index in [0.29, 0.717) is 0 Å². The zero-order valence-electron chi connectivity index (χ0n) is 9.76. The van der Waals surface area contributed by atoms with Gasteiger partial charge in [-0.15, -0.1) is 0 Å². The maximum Gasteiger partial charge on any atom is 0.345 e. The Kier molecular flexibility index (Phi) is 6.12. The Morgan fingerprint density at radius 3 is 1.53 bits per heavy atom. The number of carbonyl (C=O) groups excluding carboxylic acids is 4. The molecule has 19 heavy (non-hydrogen) atoms. The summed E-state index contributed by atoms with van der Waals surface area (Å²) >= 11 is 0. The van der Waals surface area contributed by atoms with Gasteiger partial charge in [0.2, 0.25) is 0 Å². The normalized spacial score (nSPS) is 8.95. The summed E-state index contributed by atoms with van der Waals surface area (Å²) in [5.74, 6) is -3.26. The van der Waals surface area contributed by atoms with Crippen molar-refractivity contribution in [3.8, 4) is 0 Å². The average Bonchev–Trinajstić information content (AvgIpc) is 2.27. The Labute approximate surface area is 110 Å². The number of hydrogen-bond acceptors (Lipinski definition) is 6. The maximum absolute atomic E-state index is 11.4. The lowest BCUT2D eigenvalue weighted by Crippen LogP contribution is -2.12. The van der Waals surface area contributed by atoms with Crippen LogP contribution in [0.4, 0.5) is 0 Å². The number of rotatable bonds is 2. The van der Waals surface area contributed by atoms with Gasteiger partial charge in [0.05, 0.1) is 11.1 Å². The Balaban J connectivity index is 0.00000324. The lowest BCUT2D eigenvalue weighted by atomic mass is 10.1. The second-order valence-electron chi connectivity index (χ2n) is 3.34. The Morgan fingerprint density at radius 1 is 0.842 bits per heavy atom. The first-order valence-electron chi connectivity index (χ1n) is 4.95. The van der Waals surface area contributed by atoms with Crippen LogP contribution in [0.3, 0.4) is 0 Å². The van der Waals surface area contributed by atoms with E-state index in [9.17, 15) is 19.2 Å². The second kappa shape index (κ2) is 7.05. The number of benzene rings is 1. The molecule has 1 aromatic carbocycles. The van der Waals surface area contributed by atoms with Crippen molar-refractivity contribution in [2.75, 3.05) is 0 Å². The molecular weight excluding hydrogens is 252 g/mol. The van der Waals surface area contributed by atoms with Gasteiger partial charge in [-0.25, -0.2) is 9.59 Å². The van der Waals surface area contributed by atoms with Crippen LogP contribution in [0.1, 0.15) is 42.0 Å². The largest absolute Gasteiger partial charge is 0.390 e. The molecule has 0 heterocycles. The van der Waals surface area contributed by atoms with Gasteiger partial charge < -0.3 is 9.47 Å². The van der Waals surface area contributed by atoms with Crippen LogP contribution in [0, 0.1) is 0 Å². The molecule has 0 saturated heterocycles. The lowest BCUT2D eigenvalue weighted by molar-refractivity contribution is -0.136. The molecule has 0 aliphatic rings. The molecule has 0 unspecified atom stereocenters. The minimum absolute atomic E-state index is 0. The summed E-state index contributed by atoms with van der Waals surface area (Å²) in [6, 6.07) is 5.33. The number of ether oxygens (including phenoxy) is 2. The SMILES string of the molecule is C.CC(=O)OC(=O)c1cccc(C(=O)OC(C)=O)c1. The van der Waals surface area contributed by atoms with E-state index in [4.69, 9.17) is 0 Å². The summed E-state index contributed by atoms with van der Waals surface area (Å²) in [5, 5.41) is 0. The van der Waals surface area contributed by atoms with Crippen LogP contribution in [-0.2, 0) is 19.1 Å². The van der Waals surface area contributed by atoms with Crippen molar-refractivity contribution in [3.63, 3.8) is 0 Å². The Hall–Kier alpha value is -2.50. The molecular formula is C13H14O6. The van der Waals surface area contributed by atoms with E-state index >= 15 is 0 Å². The fourth-order valence-electron chi connectivity index (χ4n) is 1.15. The first kappa shape index (κ1) is 16.5. The van der Waals surface area contributed by atoms with Crippen molar-refractivity contribution in [2.45, 2.75) is 21.3 Å². The standard InChI is InChI=1S/C12H10O6.CH4/c1-7(13)17-11(15)9-4-3-5-10(6-9)12(16)18-8(2)14;/h3-6H,1-2H3;1H4. The zero-order chi connectivity index (χ0) is 13.7. The van der Waals surface area contributed by atoms with Crippen LogP contribution >= 0.6 is 0 Å². The van der Waals surface area contributed by atoms with Crippen molar-refractivity contribution in [1.82, 2.24) is 0 Å². The van der Waals surface area contributed by atoms with Crippen LogP contribution in [-0.4, -0.2) is 23.9 Å². The number of carbonyl (C=O) groups is 4. The highest BCUT2D eigenvalue weighted by molar-refractivity contribution is 6.00. The van der Waals surface area contributed by atoms with E-state index in [-0.39, 0.29) is 18.6 Å². The van der Waals surface area contributed by atoms with Gasteiger partial charge in [-0.1, -0.05) is 13.5 Å². The van der Waals surface area contributed by atoms with E-state index < -0.39 is 23.9 Å². The third kappa shape index (κ3) is 5.12. The molecule has 0 radical (unpaired) electrons. The summed E-state index contributed by atoms with van der Waals surface area (Å²) in [6.07, 6.45) is 0. The van der Waals surface area contributed by atoms with E-state index in [1.54, 1.807) is 0 Å². The fourth-order valence-corrected chi connectivity index (χ4v) is 1.15. The molecule has 0 aromatic heterocycles. The molecule has 0 aliphatic heterocycles. The molecule has 1 aromatic rings. The van der Waals surface area contributed by atoms with E-state index in [2.05, 4.69) is 9.47 Å². The molecule has 6 heteroatoms. The topological polar surface area (TPSA) is 86.7 Å². The Bertz CT molecular complexity index is 474. The van der Waals surface area contributed by atoms with E-state index in [1.807, 2.05) is 0 Å². The smallest absolute Gasteiger partial charge is 0.345 e. The predicted molar refractivity (Wildman–Crippen MR) is 65.4 cm³/mol. The van der Waals surface area contributed by atoms with Crippen LogP contribution in [0.25, 0.3) is 0 Å². The van der Waals surface area contributed by atoms with Crippen LogP contribution in [0.15, 0.2) is 24.3 Å². The van der Waals surface area contributed by atoms with Crippen molar-refractivity contribution in [1.29, 1.82) is 0 Å².